The lowest BCUT2D eigenvalue weighted by Gasteiger charge is -2.23. The summed E-state index contributed by atoms with van der Waals surface area (Å²) in [6.07, 6.45) is 2.67. The molecule has 0 radical (unpaired) electrons. The van der Waals surface area contributed by atoms with Crippen LogP contribution in [0, 0.1) is 0 Å². The topological polar surface area (TPSA) is 67.4 Å². The predicted octanol–water partition coefficient (Wildman–Crippen LogP) is 1.11. The molecule has 0 aromatic rings. The maximum absolute atomic E-state index is 11.7. The molecule has 0 amide bonds. The van der Waals surface area contributed by atoms with Gasteiger partial charge in [0.15, 0.2) is 0 Å². The fourth-order valence-corrected chi connectivity index (χ4v) is 2.57. The van der Waals surface area contributed by atoms with Crippen molar-refractivity contribution < 1.29 is 13.2 Å². The number of unbranched alkanes of at least 4 members (excludes halogenated alkanes) is 1. The fourth-order valence-electron chi connectivity index (χ4n) is 1.27. The zero-order chi connectivity index (χ0) is 14.1. The highest BCUT2D eigenvalue weighted by atomic mass is 32.2. The SMILES string of the molecule is CCCNCCCCS(=O)(=O)NCC(C)(C)OC. The molecule has 0 rings (SSSR count). The molecule has 0 atom stereocenters. The molecule has 0 heterocycles. The zero-order valence-corrected chi connectivity index (χ0v) is 12.9. The van der Waals surface area contributed by atoms with Crippen LogP contribution in [0.4, 0.5) is 0 Å². The summed E-state index contributed by atoms with van der Waals surface area (Å²) in [5.74, 6) is 0.181. The Balaban J connectivity index is 3.75. The molecule has 6 heteroatoms. The maximum Gasteiger partial charge on any atom is 0.211 e. The molecule has 110 valence electrons. The van der Waals surface area contributed by atoms with Crippen molar-refractivity contribution >= 4 is 10.0 Å². The minimum absolute atomic E-state index is 0.181. The predicted molar refractivity (Wildman–Crippen MR) is 75.3 cm³/mol. The van der Waals surface area contributed by atoms with Gasteiger partial charge in [-0.25, -0.2) is 13.1 Å². The minimum Gasteiger partial charge on any atom is -0.377 e. The molecule has 0 saturated heterocycles. The van der Waals surface area contributed by atoms with Gasteiger partial charge in [0.25, 0.3) is 0 Å². The number of hydrogen-bond donors (Lipinski definition) is 2. The average Bonchev–Trinajstić information content (AvgIpc) is 2.32. The van der Waals surface area contributed by atoms with Crippen LogP contribution in [-0.2, 0) is 14.8 Å². The second-order valence-corrected chi connectivity index (χ2v) is 6.99. The number of sulfonamides is 1. The Labute approximate surface area is 112 Å². The first kappa shape index (κ1) is 17.8. The van der Waals surface area contributed by atoms with Crippen LogP contribution in [0.25, 0.3) is 0 Å². The standard InChI is InChI=1S/C12H28N2O3S/c1-5-8-13-9-6-7-10-18(15,16)14-11-12(2,3)17-4/h13-14H,5-11H2,1-4H3. The fraction of sp³-hybridized carbons (Fsp3) is 1.00. The molecule has 0 saturated carbocycles. The molecule has 0 aliphatic rings. The Morgan fingerprint density at radius 1 is 1.17 bits per heavy atom. The van der Waals surface area contributed by atoms with E-state index in [4.69, 9.17) is 4.74 Å². The van der Waals surface area contributed by atoms with Crippen LogP contribution in [0.1, 0.15) is 40.0 Å². The van der Waals surface area contributed by atoms with E-state index in [-0.39, 0.29) is 5.75 Å². The summed E-state index contributed by atoms with van der Waals surface area (Å²) in [7, 11) is -1.60. The Hall–Kier alpha value is -0.170. The Morgan fingerprint density at radius 2 is 1.83 bits per heavy atom. The molecular weight excluding hydrogens is 252 g/mol. The van der Waals surface area contributed by atoms with Crippen molar-refractivity contribution in [1.82, 2.24) is 10.0 Å². The molecule has 18 heavy (non-hydrogen) atoms. The van der Waals surface area contributed by atoms with E-state index in [1.165, 1.54) is 0 Å². The number of methoxy groups -OCH3 is 1. The zero-order valence-electron chi connectivity index (χ0n) is 12.1. The van der Waals surface area contributed by atoms with Gasteiger partial charge in [-0.15, -0.1) is 0 Å². The summed E-state index contributed by atoms with van der Waals surface area (Å²) >= 11 is 0. The molecule has 0 unspecified atom stereocenters. The van der Waals surface area contributed by atoms with E-state index in [9.17, 15) is 8.42 Å². The molecule has 0 aromatic carbocycles. The van der Waals surface area contributed by atoms with Crippen molar-refractivity contribution in [3.05, 3.63) is 0 Å². The number of rotatable bonds is 11. The summed E-state index contributed by atoms with van der Waals surface area (Å²) in [4.78, 5) is 0. The van der Waals surface area contributed by atoms with Gasteiger partial charge in [-0.1, -0.05) is 6.92 Å². The van der Waals surface area contributed by atoms with Crippen LogP contribution in [-0.4, -0.2) is 46.5 Å². The summed E-state index contributed by atoms with van der Waals surface area (Å²) in [6.45, 7) is 7.99. The van der Waals surface area contributed by atoms with E-state index < -0.39 is 15.6 Å². The van der Waals surface area contributed by atoms with Gasteiger partial charge in [0.1, 0.15) is 0 Å². The lowest BCUT2D eigenvalue weighted by atomic mass is 10.1. The average molecular weight is 280 g/mol. The largest absolute Gasteiger partial charge is 0.377 e. The summed E-state index contributed by atoms with van der Waals surface area (Å²) in [6, 6.07) is 0. The van der Waals surface area contributed by atoms with Crippen molar-refractivity contribution in [1.29, 1.82) is 0 Å². The highest BCUT2D eigenvalue weighted by Gasteiger charge is 2.19. The smallest absolute Gasteiger partial charge is 0.211 e. The highest BCUT2D eigenvalue weighted by molar-refractivity contribution is 7.89. The second kappa shape index (κ2) is 8.85. The van der Waals surface area contributed by atoms with E-state index >= 15 is 0 Å². The Morgan fingerprint density at radius 3 is 2.39 bits per heavy atom. The molecule has 5 nitrogen and oxygen atoms in total. The molecular formula is C12H28N2O3S. The molecule has 0 aromatic heterocycles. The van der Waals surface area contributed by atoms with Crippen LogP contribution in [0.3, 0.4) is 0 Å². The summed E-state index contributed by atoms with van der Waals surface area (Å²) in [5, 5.41) is 3.25. The van der Waals surface area contributed by atoms with Crippen molar-refractivity contribution in [3.63, 3.8) is 0 Å². The first-order valence-electron chi connectivity index (χ1n) is 6.56. The number of nitrogens with one attached hydrogen (secondary N) is 2. The van der Waals surface area contributed by atoms with Gasteiger partial charge in [0.2, 0.25) is 10.0 Å². The lowest BCUT2D eigenvalue weighted by molar-refractivity contribution is 0.0276. The van der Waals surface area contributed by atoms with Crippen LogP contribution in [0.5, 0.6) is 0 Å². The maximum atomic E-state index is 11.7. The van der Waals surface area contributed by atoms with Crippen LogP contribution < -0.4 is 10.0 Å². The summed E-state index contributed by atoms with van der Waals surface area (Å²) < 4.78 is 31.1. The molecule has 0 bridgehead atoms. The minimum atomic E-state index is -3.18. The van der Waals surface area contributed by atoms with Crippen LogP contribution in [0.2, 0.25) is 0 Å². The van der Waals surface area contributed by atoms with Crippen LogP contribution in [0.15, 0.2) is 0 Å². The third-order valence-electron chi connectivity index (χ3n) is 2.71. The lowest BCUT2D eigenvalue weighted by Crippen LogP contribution is -2.40. The van der Waals surface area contributed by atoms with E-state index in [1.54, 1.807) is 7.11 Å². The molecule has 2 N–H and O–H groups in total. The quantitative estimate of drug-likeness (QED) is 0.556. The molecule has 0 spiro atoms. The van der Waals surface area contributed by atoms with Crippen molar-refractivity contribution in [3.8, 4) is 0 Å². The van der Waals surface area contributed by atoms with Gasteiger partial charge in [-0.05, 0) is 46.2 Å². The first-order valence-corrected chi connectivity index (χ1v) is 8.21. The summed E-state index contributed by atoms with van der Waals surface area (Å²) in [5.41, 5.74) is -0.463. The normalized spacial score (nSPS) is 12.9. The van der Waals surface area contributed by atoms with Gasteiger partial charge in [0, 0.05) is 13.7 Å². The van der Waals surface area contributed by atoms with E-state index in [0.29, 0.717) is 13.0 Å². The van der Waals surface area contributed by atoms with E-state index in [0.717, 1.165) is 25.9 Å². The first-order chi connectivity index (χ1) is 8.33. The third kappa shape index (κ3) is 9.82. The molecule has 0 aliphatic carbocycles. The Kier molecular flexibility index (Phi) is 8.77. The second-order valence-electron chi connectivity index (χ2n) is 5.06. The molecule has 0 fully saturated rings. The highest BCUT2D eigenvalue weighted by Crippen LogP contribution is 2.06. The van der Waals surface area contributed by atoms with Gasteiger partial charge in [0.05, 0.1) is 11.4 Å². The van der Waals surface area contributed by atoms with Gasteiger partial charge in [-0.3, -0.25) is 0 Å². The van der Waals surface area contributed by atoms with Crippen LogP contribution >= 0.6 is 0 Å². The van der Waals surface area contributed by atoms with Gasteiger partial charge >= 0.3 is 0 Å². The monoisotopic (exact) mass is 280 g/mol. The van der Waals surface area contributed by atoms with Gasteiger partial charge in [-0.2, -0.15) is 0 Å². The Bertz CT molecular complexity index is 302. The number of hydrogen-bond acceptors (Lipinski definition) is 4. The van der Waals surface area contributed by atoms with Crippen molar-refractivity contribution in [2.75, 3.05) is 32.5 Å². The third-order valence-corrected chi connectivity index (χ3v) is 4.12. The van der Waals surface area contributed by atoms with E-state index in [1.807, 2.05) is 13.8 Å². The number of ether oxygens (including phenoxy) is 1. The van der Waals surface area contributed by atoms with E-state index in [2.05, 4.69) is 17.0 Å². The van der Waals surface area contributed by atoms with Crippen molar-refractivity contribution in [2.24, 2.45) is 0 Å². The van der Waals surface area contributed by atoms with Gasteiger partial charge < -0.3 is 10.1 Å². The molecule has 0 aliphatic heterocycles. The van der Waals surface area contributed by atoms with Crippen molar-refractivity contribution in [2.45, 2.75) is 45.6 Å².